The van der Waals surface area contributed by atoms with Crippen LogP contribution in [-0.4, -0.2) is 30.3 Å². The van der Waals surface area contributed by atoms with E-state index in [0.29, 0.717) is 35.7 Å². The van der Waals surface area contributed by atoms with Crippen molar-refractivity contribution < 1.29 is 14.0 Å². The number of hydrogen-bond acceptors (Lipinski definition) is 6. The van der Waals surface area contributed by atoms with E-state index in [1.54, 1.807) is 7.11 Å². The van der Waals surface area contributed by atoms with Crippen LogP contribution in [0.4, 0.5) is 0 Å². The van der Waals surface area contributed by atoms with Crippen molar-refractivity contribution in [2.24, 2.45) is 0 Å². The first-order valence-electron chi connectivity index (χ1n) is 7.55. The molecule has 0 saturated carbocycles. The standard InChI is InChI=1S/C17H23N3O3.ClH/c1-5-6-13-7-8-14(15(10-13)21-4)22-11-17-19-16(20-23-17)9-12(2)18-3;/h5,7-8,10,12,18H,1,6,9,11H2,2-4H3;1H. The lowest BCUT2D eigenvalue weighted by Gasteiger charge is -2.10. The smallest absolute Gasteiger partial charge is 0.264 e. The molecule has 0 amide bonds. The number of aromatic nitrogens is 2. The van der Waals surface area contributed by atoms with E-state index < -0.39 is 0 Å². The van der Waals surface area contributed by atoms with Gasteiger partial charge in [-0.05, 0) is 38.1 Å². The van der Waals surface area contributed by atoms with E-state index in [9.17, 15) is 0 Å². The van der Waals surface area contributed by atoms with Crippen LogP contribution in [0.15, 0.2) is 35.4 Å². The SMILES string of the molecule is C=CCc1ccc(OCc2nc(CC(C)NC)no2)c(OC)c1.Cl. The molecule has 0 aliphatic heterocycles. The van der Waals surface area contributed by atoms with Crippen molar-refractivity contribution in [1.29, 1.82) is 0 Å². The maximum Gasteiger partial charge on any atom is 0.264 e. The monoisotopic (exact) mass is 353 g/mol. The molecule has 0 aliphatic rings. The van der Waals surface area contributed by atoms with E-state index >= 15 is 0 Å². The third kappa shape index (κ3) is 5.54. The predicted octanol–water partition coefficient (Wildman–Crippen LogP) is 2.96. The Hall–Kier alpha value is -2.05. The van der Waals surface area contributed by atoms with Crippen molar-refractivity contribution in [2.45, 2.75) is 32.4 Å². The molecule has 0 fully saturated rings. The summed E-state index contributed by atoms with van der Waals surface area (Å²) in [6.45, 7) is 6.00. The summed E-state index contributed by atoms with van der Waals surface area (Å²) < 4.78 is 16.3. The molecule has 2 rings (SSSR count). The third-order valence-electron chi connectivity index (χ3n) is 3.45. The Bertz CT molecular complexity index is 646. The number of likely N-dealkylation sites (N-methyl/N-ethyl adjacent to an activating group) is 1. The lowest BCUT2D eigenvalue weighted by molar-refractivity contribution is 0.233. The van der Waals surface area contributed by atoms with Crippen molar-refractivity contribution in [1.82, 2.24) is 15.5 Å². The molecule has 1 heterocycles. The Balaban J connectivity index is 0.00000288. The number of methoxy groups -OCH3 is 1. The second-order valence-corrected chi connectivity index (χ2v) is 5.26. The molecule has 1 aromatic carbocycles. The Morgan fingerprint density at radius 2 is 2.17 bits per heavy atom. The zero-order valence-electron chi connectivity index (χ0n) is 14.2. The molecule has 0 saturated heterocycles. The fourth-order valence-electron chi connectivity index (χ4n) is 2.07. The number of allylic oxidation sites excluding steroid dienone is 1. The summed E-state index contributed by atoms with van der Waals surface area (Å²) in [5.74, 6) is 2.43. The Kier molecular flexibility index (Phi) is 8.29. The van der Waals surface area contributed by atoms with Gasteiger partial charge in [0.25, 0.3) is 5.89 Å². The zero-order chi connectivity index (χ0) is 16.7. The molecule has 1 N–H and O–H groups in total. The Morgan fingerprint density at radius 3 is 2.83 bits per heavy atom. The van der Waals surface area contributed by atoms with Gasteiger partial charge in [-0.25, -0.2) is 0 Å². The van der Waals surface area contributed by atoms with Crippen LogP contribution in [0, 0.1) is 0 Å². The molecular formula is C17H24ClN3O3. The van der Waals surface area contributed by atoms with E-state index in [1.807, 2.05) is 31.3 Å². The topological polar surface area (TPSA) is 69.4 Å². The minimum atomic E-state index is 0. The van der Waals surface area contributed by atoms with Crippen LogP contribution in [0.25, 0.3) is 0 Å². The minimum Gasteiger partial charge on any atom is -0.493 e. The number of halogens is 1. The fourth-order valence-corrected chi connectivity index (χ4v) is 2.07. The summed E-state index contributed by atoms with van der Waals surface area (Å²) in [6.07, 6.45) is 3.34. The number of benzene rings is 1. The average molecular weight is 354 g/mol. The van der Waals surface area contributed by atoms with Crippen molar-refractivity contribution in [3.63, 3.8) is 0 Å². The van der Waals surface area contributed by atoms with E-state index in [0.717, 1.165) is 12.0 Å². The highest BCUT2D eigenvalue weighted by Gasteiger charge is 2.11. The van der Waals surface area contributed by atoms with Crippen LogP contribution < -0.4 is 14.8 Å². The van der Waals surface area contributed by atoms with Crippen molar-refractivity contribution in [3.05, 3.63) is 48.1 Å². The first kappa shape index (κ1) is 20.0. The van der Waals surface area contributed by atoms with Crippen molar-refractivity contribution in [3.8, 4) is 11.5 Å². The normalized spacial score (nSPS) is 11.5. The lowest BCUT2D eigenvalue weighted by atomic mass is 10.1. The molecule has 1 aromatic heterocycles. The highest BCUT2D eigenvalue weighted by atomic mass is 35.5. The van der Waals surface area contributed by atoms with Gasteiger partial charge in [0, 0.05) is 12.5 Å². The molecule has 0 aliphatic carbocycles. The van der Waals surface area contributed by atoms with Crippen LogP contribution in [0.2, 0.25) is 0 Å². The first-order valence-corrected chi connectivity index (χ1v) is 7.55. The molecule has 0 radical (unpaired) electrons. The summed E-state index contributed by atoms with van der Waals surface area (Å²) in [4.78, 5) is 4.32. The van der Waals surface area contributed by atoms with E-state index in [4.69, 9.17) is 14.0 Å². The molecule has 0 spiro atoms. The molecule has 0 bridgehead atoms. The van der Waals surface area contributed by atoms with Gasteiger partial charge in [0.05, 0.1) is 7.11 Å². The molecule has 1 unspecified atom stereocenters. The number of nitrogens with zero attached hydrogens (tertiary/aromatic N) is 2. The van der Waals surface area contributed by atoms with Crippen LogP contribution in [0.1, 0.15) is 24.2 Å². The molecule has 24 heavy (non-hydrogen) atoms. The summed E-state index contributed by atoms with van der Waals surface area (Å²) in [6, 6.07) is 6.08. The van der Waals surface area contributed by atoms with Crippen LogP contribution >= 0.6 is 12.4 Å². The van der Waals surface area contributed by atoms with Crippen LogP contribution in [0.5, 0.6) is 11.5 Å². The second kappa shape index (κ2) is 9.95. The van der Waals surface area contributed by atoms with Gasteiger partial charge in [-0.2, -0.15) is 4.98 Å². The highest BCUT2D eigenvalue weighted by molar-refractivity contribution is 5.85. The second-order valence-electron chi connectivity index (χ2n) is 5.26. The number of rotatable bonds is 9. The van der Waals surface area contributed by atoms with Gasteiger partial charge in [0.15, 0.2) is 23.9 Å². The van der Waals surface area contributed by atoms with Crippen LogP contribution in [-0.2, 0) is 19.4 Å². The first-order chi connectivity index (χ1) is 11.2. The molecule has 132 valence electrons. The zero-order valence-corrected chi connectivity index (χ0v) is 15.1. The quantitative estimate of drug-likeness (QED) is 0.699. The maximum atomic E-state index is 5.73. The number of ether oxygens (including phenoxy) is 2. The van der Waals surface area contributed by atoms with Crippen molar-refractivity contribution >= 4 is 12.4 Å². The van der Waals surface area contributed by atoms with Gasteiger partial charge in [0.2, 0.25) is 0 Å². The van der Waals surface area contributed by atoms with Crippen molar-refractivity contribution in [2.75, 3.05) is 14.2 Å². The fraction of sp³-hybridized carbons (Fsp3) is 0.412. The molecule has 6 nitrogen and oxygen atoms in total. The minimum absolute atomic E-state index is 0. The van der Waals surface area contributed by atoms with Gasteiger partial charge in [0.1, 0.15) is 0 Å². The van der Waals surface area contributed by atoms with Gasteiger partial charge >= 0.3 is 0 Å². The summed E-state index contributed by atoms with van der Waals surface area (Å²) >= 11 is 0. The Morgan fingerprint density at radius 1 is 1.38 bits per heavy atom. The largest absolute Gasteiger partial charge is 0.493 e. The van der Waals surface area contributed by atoms with Gasteiger partial charge < -0.3 is 19.3 Å². The predicted molar refractivity (Wildman–Crippen MR) is 95.0 cm³/mol. The highest BCUT2D eigenvalue weighted by Crippen LogP contribution is 2.29. The number of nitrogens with one attached hydrogen (secondary N) is 1. The van der Waals surface area contributed by atoms with Gasteiger partial charge in [-0.1, -0.05) is 17.3 Å². The summed E-state index contributed by atoms with van der Waals surface area (Å²) in [7, 11) is 3.51. The molecule has 2 aromatic rings. The summed E-state index contributed by atoms with van der Waals surface area (Å²) in [5, 5.41) is 7.08. The number of hydrogen-bond donors (Lipinski definition) is 1. The van der Waals surface area contributed by atoms with E-state index in [1.165, 1.54) is 0 Å². The van der Waals surface area contributed by atoms with E-state index in [2.05, 4.69) is 29.0 Å². The third-order valence-corrected chi connectivity index (χ3v) is 3.45. The average Bonchev–Trinajstić information content (AvgIpc) is 3.01. The lowest BCUT2D eigenvalue weighted by Crippen LogP contribution is -2.24. The molecule has 1 atom stereocenters. The molecular weight excluding hydrogens is 330 g/mol. The van der Waals surface area contributed by atoms with E-state index in [-0.39, 0.29) is 19.0 Å². The molecule has 7 heteroatoms. The van der Waals surface area contributed by atoms with Gasteiger partial charge in [-0.15, -0.1) is 19.0 Å². The van der Waals surface area contributed by atoms with Crippen LogP contribution in [0.3, 0.4) is 0 Å². The Labute approximate surface area is 148 Å². The van der Waals surface area contributed by atoms with Gasteiger partial charge in [-0.3, -0.25) is 0 Å². The maximum absolute atomic E-state index is 5.73. The summed E-state index contributed by atoms with van der Waals surface area (Å²) in [5.41, 5.74) is 1.12.